The largest absolute Gasteiger partial charge is 0.329 e. The molecule has 2 N–H and O–H groups in total. The molecule has 0 atom stereocenters. The van der Waals surface area contributed by atoms with Crippen LogP contribution in [0.4, 0.5) is 0 Å². The minimum Gasteiger partial charge on any atom is -0.329 e. The van der Waals surface area contributed by atoms with Gasteiger partial charge in [0.25, 0.3) is 0 Å². The van der Waals surface area contributed by atoms with E-state index in [0.717, 1.165) is 6.54 Å². The van der Waals surface area contributed by atoms with E-state index in [1.807, 2.05) is 0 Å². The fourth-order valence-electron chi connectivity index (χ4n) is 3.32. The first-order chi connectivity index (χ1) is 7.11. The summed E-state index contributed by atoms with van der Waals surface area (Å²) >= 11 is 2.09. The van der Waals surface area contributed by atoms with Gasteiger partial charge in [0, 0.05) is 17.6 Å². The summed E-state index contributed by atoms with van der Waals surface area (Å²) in [5.41, 5.74) is 6.79. The molecule has 2 aliphatic rings. The number of nitrogens with two attached hydrogens (primary N) is 1. The van der Waals surface area contributed by atoms with Gasteiger partial charge in [0.1, 0.15) is 0 Å². The minimum absolute atomic E-state index is 0.325. The lowest BCUT2D eigenvalue weighted by Gasteiger charge is -2.50. The van der Waals surface area contributed by atoms with Crippen molar-refractivity contribution in [3.05, 3.63) is 0 Å². The fraction of sp³-hybridized carbons (Fsp3) is 1.00. The predicted molar refractivity (Wildman–Crippen MR) is 68.4 cm³/mol. The van der Waals surface area contributed by atoms with E-state index in [1.54, 1.807) is 0 Å². The van der Waals surface area contributed by atoms with Crippen LogP contribution in [-0.2, 0) is 0 Å². The summed E-state index contributed by atoms with van der Waals surface area (Å²) in [7, 11) is 0. The van der Waals surface area contributed by atoms with Crippen LogP contribution in [0.3, 0.4) is 0 Å². The third-order valence-corrected chi connectivity index (χ3v) is 5.26. The van der Waals surface area contributed by atoms with Crippen LogP contribution in [0, 0.1) is 0 Å². The normalized spacial score (nSPS) is 30.6. The molecule has 3 heteroatoms. The topological polar surface area (TPSA) is 29.3 Å². The van der Waals surface area contributed by atoms with Crippen molar-refractivity contribution in [1.29, 1.82) is 0 Å². The fourth-order valence-corrected chi connectivity index (χ4v) is 4.57. The third-order valence-electron chi connectivity index (χ3n) is 4.28. The molecule has 0 saturated carbocycles. The van der Waals surface area contributed by atoms with Crippen molar-refractivity contribution in [1.82, 2.24) is 4.90 Å². The molecule has 0 spiro atoms. The number of hydrogen-bond acceptors (Lipinski definition) is 3. The van der Waals surface area contributed by atoms with E-state index in [1.165, 1.54) is 43.7 Å². The van der Waals surface area contributed by atoms with Crippen molar-refractivity contribution in [2.24, 2.45) is 5.73 Å². The minimum atomic E-state index is 0.325. The zero-order valence-electron chi connectivity index (χ0n) is 10.1. The van der Waals surface area contributed by atoms with E-state index in [9.17, 15) is 0 Å². The maximum atomic E-state index is 6.09. The van der Waals surface area contributed by atoms with Gasteiger partial charge in [-0.25, -0.2) is 0 Å². The van der Waals surface area contributed by atoms with Gasteiger partial charge >= 0.3 is 0 Å². The predicted octanol–water partition coefficient (Wildman–Crippen LogP) is 2.09. The Kier molecular flexibility index (Phi) is 3.34. The Hall–Kier alpha value is 0.270. The van der Waals surface area contributed by atoms with Crippen molar-refractivity contribution >= 4 is 11.8 Å². The van der Waals surface area contributed by atoms with Crippen LogP contribution in [0.2, 0.25) is 0 Å². The number of thioether (sulfide) groups is 1. The third kappa shape index (κ3) is 2.06. The Morgan fingerprint density at radius 2 is 1.87 bits per heavy atom. The lowest BCUT2D eigenvalue weighted by atomic mass is 9.86. The molecule has 0 aromatic heterocycles. The molecule has 0 amide bonds. The van der Waals surface area contributed by atoms with E-state index in [-0.39, 0.29) is 0 Å². The molecule has 15 heavy (non-hydrogen) atoms. The van der Waals surface area contributed by atoms with Crippen molar-refractivity contribution < 1.29 is 0 Å². The van der Waals surface area contributed by atoms with Crippen molar-refractivity contribution in [2.75, 3.05) is 24.6 Å². The van der Waals surface area contributed by atoms with E-state index in [0.29, 0.717) is 11.1 Å². The van der Waals surface area contributed by atoms with Crippen molar-refractivity contribution in [2.45, 2.75) is 50.6 Å². The van der Waals surface area contributed by atoms with Crippen LogP contribution in [0.15, 0.2) is 0 Å². The molecule has 0 radical (unpaired) electrons. The summed E-state index contributed by atoms with van der Waals surface area (Å²) in [5.74, 6) is 2.59. The van der Waals surface area contributed by atoms with Gasteiger partial charge in [-0.05, 0) is 57.6 Å². The van der Waals surface area contributed by atoms with Gasteiger partial charge in [-0.1, -0.05) is 0 Å². The van der Waals surface area contributed by atoms with E-state index in [2.05, 4.69) is 30.5 Å². The molecule has 88 valence electrons. The molecular weight excluding hydrogens is 204 g/mol. The summed E-state index contributed by atoms with van der Waals surface area (Å²) in [5, 5.41) is 0. The molecule has 2 rings (SSSR count). The number of rotatable bonds is 2. The Labute approximate surface area is 98.0 Å². The molecular formula is C12H24N2S. The summed E-state index contributed by atoms with van der Waals surface area (Å²) in [6, 6.07) is 0. The summed E-state index contributed by atoms with van der Waals surface area (Å²) < 4.78 is 0. The van der Waals surface area contributed by atoms with Gasteiger partial charge < -0.3 is 5.73 Å². The molecule has 2 aliphatic heterocycles. The number of hydrogen-bond donors (Lipinski definition) is 1. The standard InChI is InChI=1S/C12H24N2S/c1-11(2)4-3-7-14(11)12(10-13)5-8-15-9-6-12/h3-10,13H2,1-2H3. The Morgan fingerprint density at radius 3 is 2.33 bits per heavy atom. The second-order valence-corrected chi connectivity index (χ2v) is 6.83. The quantitative estimate of drug-likeness (QED) is 0.785. The van der Waals surface area contributed by atoms with Gasteiger partial charge in [-0.15, -0.1) is 0 Å². The lowest BCUT2D eigenvalue weighted by Crippen LogP contribution is -2.60. The van der Waals surface area contributed by atoms with Crippen LogP contribution in [0.1, 0.15) is 39.5 Å². The van der Waals surface area contributed by atoms with Crippen LogP contribution in [-0.4, -0.2) is 40.6 Å². The van der Waals surface area contributed by atoms with E-state index >= 15 is 0 Å². The van der Waals surface area contributed by atoms with Gasteiger partial charge in [-0.3, -0.25) is 4.90 Å². The molecule has 2 saturated heterocycles. The average Bonchev–Trinajstić information content (AvgIpc) is 2.60. The number of likely N-dealkylation sites (tertiary alicyclic amines) is 1. The Balaban J connectivity index is 2.17. The van der Waals surface area contributed by atoms with Crippen molar-refractivity contribution in [3.63, 3.8) is 0 Å². The van der Waals surface area contributed by atoms with Gasteiger partial charge in [-0.2, -0.15) is 11.8 Å². The summed E-state index contributed by atoms with van der Waals surface area (Å²) in [6.07, 6.45) is 5.26. The molecule has 2 heterocycles. The molecule has 0 bridgehead atoms. The van der Waals surface area contributed by atoms with Crippen LogP contribution in [0.25, 0.3) is 0 Å². The smallest absolute Gasteiger partial charge is 0.0352 e. The van der Waals surface area contributed by atoms with E-state index < -0.39 is 0 Å². The van der Waals surface area contributed by atoms with E-state index in [4.69, 9.17) is 5.73 Å². The molecule has 0 aromatic carbocycles. The van der Waals surface area contributed by atoms with Gasteiger partial charge in [0.05, 0.1) is 0 Å². The van der Waals surface area contributed by atoms with Crippen LogP contribution >= 0.6 is 11.8 Å². The second kappa shape index (κ2) is 4.27. The highest BCUT2D eigenvalue weighted by Gasteiger charge is 2.45. The Bertz CT molecular complexity index is 222. The lowest BCUT2D eigenvalue weighted by molar-refractivity contribution is 0.0283. The monoisotopic (exact) mass is 228 g/mol. The molecule has 2 fully saturated rings. The number of nitrogens with zero attached hydrogens (tertiary/aromatic N) is 1. The zero-order chi connectivity index (χ0) is 10.9. The van der Waals surface area contributed by atoms with Gasteiger partial charge in [0.15, 0.2) is 0 Å². The second-order valence-electron chi connectivity index (χ2n) is 5.61. The molecule has 0 aliphatic carbocycles. The molecule has 2 nitrogen and oxygen atoms in total. The molecule has 0 aromatic rings. The first-order valence-corrected chi connectivity index (χ1v) is 7.32. The maximum absolute atomic E-state index is 6.09. The highest BCUT2D eigenvalue weighted by atomic mass is 32.2. The first kappa shape index (κ1) is 11.7. The first-order valence-electron chi connectivity index (χ1n) is 6.16. The van der Waals surface area contributed by atoms with Crippen LogP contribution < -0.4 is 5.73 Å². The Morgan fingerprint density at radius 1 is 1.20 bits per heavy atom. The zero-order valence-corrected chi connectivity index (χ0v) is 10.9. The van der Waals surface area contributed by atoms with Gasteiger partial charge in [0.2, 0.25) is 0 Å². The average molecular weight is 228 g/mol. The molecule has 0 unspecified atom stereocenters. The van der Waals surface area contributed by atoms with Crippen LogP contribution in [0.5, 0.6) is 0 Å². The summed E-state index contributed by atoms with van der Waals surface area (Å²) in [6.45, 7) is 6.88. The summed E-state index contributed by atoms with van der Waals surface area (Å²) in [4.78, 5) is 2.72. The van der Waals surface area contributed by atoms with Crippen molar-refractivity contribution in [3.8, 4) is 0 Å². The maximum Gasteiger partial charge on any atom is 0.0352 e. The highest BCUT2D eigenvalue weighted by Crippen LogP contribution is 2.41. The SMILES string of the molecule is CC1(C)CCCN1C1(CN)CCSCC1. The highest BCUT2D eigenvalue weighted by molar-refractivity contribution is 7.99.